The molecule has 0 aliphatic rings. The van der Waals surface area contributed by atoms with Gasteiger partial charge in [0.15, 0.2) is 17.3 Å². The van der Waals surface area contributed by atoms with Crippen molar-refractivity contribution in [1.82, 2.24) is 14.6 Å². The summed E-state index contributed by atoms with van der Waals surface area (Å²) in [6, 6.07) is 5.72. The van der Waals surface area contributed by atoms with Gasteiger partial charge in [0.05, 0.1) is 27.5 Å². The molecule has 0 aliphatic carbocycles. The first-order valence-corrected chi connectivity index (χ1v) is 7.08. The summed E-state index contributed by atoms with van der Waals surface area (Å²) in [5.41, 5.74) is 1.91. The SMILES string of the molecule is COc1cc(CNc2nccn3nccc23)cc(OC)c1OC. The minimum Gasteiger partial charge on any atom is -0.493 e. The largest absolute Gasteiger partial charge is 0.493 e. The zero-order chi connectivity index (χ0) is 16.2. The van der Waals surface area contributed by atoms with Crippen LogP contribution in [0.15, 0.2) is 36.8 Å². The topological polar surface area (TPSA) is 69.9 Å². The molecule has 7 nitrogen and oxygen atoms in total. The highest BCUT2D eigenvalue weighted by Gasteiger charge is 2.13. The Kier molecular flexibility index (Phi) is 4.18. The van der Waals surface area contributed by atoms with E-state index in [4.69, 9.17) is 14.2 Å². The number of hydrogen-bond donors (Lipinski definition) is 1. The number of anilines is 1. The van der Waals surface area contributed by atoms with Crippen LogP contribution in [0.25, 0.3) is 5.52 Å². The molecule has 0 fully saturated rings. The van der Waals surface area contributed by atoms with Crippen LogP contribution in [0.1, 0.15) is 5.56 Å². The van der Waals surface area contributed by atoms with Gasteiger partial charge in [-0.3, -0.25) is 0 Å². The van der Waals surface area contributed by atoms with Gasteiger partial charge in [-0.2, -0.15) is 5.10 Å². The fourth-order valence-electron chi connectivity index (χ4n) is 2.42. The Bertz CT molecular complexity index is 791. The van der Waals surface area contributed by atoms with E-state index >= 15 is 0 Å². The lowest BCUT2D eigenvalue weighted by Crippen LogP contribution is -2.05. The molecule has 0 saturated heterocycles. The maximum absolute atomic E-state index is 5.37. The number of methoxy groups -OCH3 is 3. The van der Waals surface area contributed by atoms with Crippen LogP contribution in [0.5, 0.6) is 17.2 Å². The summed E-state index contributed by atoms with van der Waals surface area (Å²) < 4.78 is 17.8. The Balaban J connectivity index is 1.87. The van der Waals surface area contributed by atoms with Crippen molar-refractivity contribution in [2.24, 2.45) is 0 Å². The molecule has 1 aromatic carbocycles. The third-order valence-corrected chi connectivity index (χ3v) is 3.51. The fraction of sp³-hybridized carbons (Fsp3) is 0.250. The highest BCUT2D eigenvalue weighted by atomic mass is 16.5. The van der Waals surface area contributed by atoms with Gasteiger partial charge < -0.3 is 19.5 Å². The summed E-state index contributed by atoms with van der Waals surface area (Å²) in [5.74, 6) is 2.59. The van der Waals surface area contributed by atoms with Gasteiger partial charge in [-0.25, -0.2) is 9.50 Å². The minimum absolute atomic E-state index is 0.564. The second-order valence-electron chi connectivity index (χ2n) is 4.82. The van der Waals surface area contributed by atoms with Crippen molar-refractivity contribution < 1.29 is 14.2 Å². The Hall–Kier alpha value is -2.96. The molecule has 0 unspecified atom stereocenters. The monoisotopic (exact) mass is 314 g/mol. The molecule has 0 aliphatic heterocycles. The predicted octanol–water partition coefficient (Wildman–Crippen LogP) is 2.37. The predicted molar refractivity (Wildman–Crippen MR) is 86.4 cm³/mol. The van der Waals surface area contributed by atoms with Crippen molar-refractivity contribution in [3.05, 3.63) is 42.4 Å². The van der Waals surface area contributed by atoms with Gasteiger partial charge in [-0.15, -0.1) is 0 Å². The van der Waals surface area contributed by atoms with Crippen LogP contribution in [0.2, 0.25) is 0 Å². The van der Waals surface area contributed by atoms with E-state index in [1.807, 2.05) is 18.2 Å². The summed E-state index contributed by atoms with van der Waals surface area (Å²) in [7, 11) is 4.79. The van der Waals surface area contributed by atoms with E-state index in [0.29, 0.717) is 23.8 Å². The normalized spacial score (nSPS) is 10.6. The van der Waals surface area contributed by atoms with Crippen LogP contribution in [0.3, 0.4) is 0 Å². The van der Waals surface area contributed by atoms with E-state index in [9.17, 15) is 0 Å². The summed E-state index contributed by atoms with van der Waals surface area (Å²) in [6.07, 6.45) is 5.25. The molecule has 0 amide bonds. The lowest BCUT2D eigenvalue weighted by atomic mass is 10.1. The lowest BCUT2D eigenvalue weighted by Gasteiger charge is -2.14. The lowest BCUT2D eigenvalue weighted by molar-refractivity contribution is 0.324. The average molecular weight is 314 g/mol. The molecule has 0 bridgehead atoms. The van der Waals surface area contributed by atoms with Crippen molar-refractivity contribution in [2.75, 3.05) is 26.6 Å². The van der Waals surface area contributed by atoms with E-state index in [1.165, 1.54) is 0 Å². The summed E-state index contributed by atoms with van der Waals surface area (Å²) in [5, 5.41) is 7.50. The molecular formula is C16H18N4O3. The number of rotatable bonds is 6. The summed E-state index contributed by atoms with van der Waals surface area (Å²) >= 11 is 0. The van der Waals surface area contributed by atoms with Crippen LogP contribution in [-0.4, -0.2) is 35.9 Å². The van der Waals surface area contributed by atoms with Crippen molar-refractivity contribution in [3.63, 3.8) is 0 Å². The van der Waals surface area contributed by atoms with Crippen LogP contribution in [0, 0.1) is 0 Å². The van der Waals surface area contributed by atoms with Gasteiger partial charge >= 0.3 is 0 Å². The summed E-state index contributed by atoms with van der Waals surface area (Å²) in [6.45, 7) is 0.564. The molecule has 120 valence electrons. The molecule has 23 heavy (non-hydrogen) atoms. The molecule has 0 atom stereocenters. The van der Waals surface area contributed by atoms with E-state index in [1.54, 1.807) is 44.4 Å². The van der Waals surface area contributed by atoms with Crippen LogP contribution in [-0.2, 0) is 6.54 Å². The Morgan fingerprint density at radius 2 is 1.78 bits per heavy atom. The van der Waals surface area contributed by atoms with Crippen molar-refractivity contribution in [3.8, 4) is 17.2 Å². The van der Waals surface area contributed by atoms with Gasteiger partial charge in [0.1, 0.15) is 5.52 Å². The average Bonchev–Trinajstić information content (AvgIpc) is 3.08. The molecular weight excluding hydrogens is 296 g/mol. The molecule has 1 N–H and O–H groups in total. The molecule has 0 radical (unpaired) electrons. The van der Waals surface area contributed by atoms with E-state index in [-0.39, 0.29) is 0 Å². The van der Waals surface area contributed by atoms with Crippen LogP contribution in [0.4, 0.5) is 5.82 Å². The van der Waals surface area contributed by atoms with E-state index in [2.05, 4.69) is 15.4 Å². The number of nitrogens with one attached hydrogen (secondary N) is 1. The molecule has 0 spiro atoms. The number of nitrogens with zero attached hydrogens (tertiary/aromatic N) is 3. The molecule has 3 aromatic rings. The van der Waals surface area contributed by atoms with Crippen molar-refractivity contribution in [1.29, 1.82) is 0 Å². The highest BCUT2D eigenvalue weighted by Crippen LogP contribution is 2.38. The van der Waals surface area contributed by atoms with Gasteiger partial charge in [-0.1, -0.05) is 0 Å². The van der Waals surface area contributed by atoms with Crippen molar-refractivity contribution in [2.45, 2.75) is 6.54 Å². The number of benzene rings is 1. The second-order valence-corrected chi connectivity index (χ2v) is 4.82. The smallest absolute Gasteiger partial charge is 0.203 e. The highest BCUT2D eigenvalue weighted by molar-refractivity contribution is 5.67. The maximum Gasteiger partial charge on any atom is 0.203 e. The fourth-order valence-corrected chi connectivity index (χ4v) is 2.42. The quantitative estimate of drug-likeness (QED) is 0.753. The first-order chi connectivity index (χ1) is 11.3. The number of ether oxygens (including phenoxy) is 3. The third-order valence-electron chi connectivity index (χ3n) is 3.51. The van der Waals surface area contributed by atoms with Gasteiger partial charge in [0.2, 0.25) is 5.75 Å². The second kappa shape index (κ2) is 6.43. The number of hydrogen-bond acceptors (Lipinski definition) is 6. The van der Waals surface area contributed by atoms with Crippen LogP contribution >= 0.6 is 0 Å². The first kappa shape index (κ1) is 15.0. The molecule has 2 heterocycles. The maximum atomic E-state index is 5.37. The third kappa shape index (κ3) is 2.85. The van der Waals surface area contributed by atoms with Crippen LogP contribution < -0.4 is 19.5 Å². The molecule has 3 rings (SSSR count). The van der Waals surface area contributed by atoms with E-state index < -0.39 is 0 Å². The van der Waals surface area contributed by atoms with Gasteiger partial charge in [-0.05, 0) is 23.8 Å². The Labute approximate surface area is 133 Å². The zero-order valence-corrected chi connectivity index (χ0v) is 13.2. The first-order valence-electron chi connectivity index (χ1n) is 7.08. The zero-order valence-electron chi connectivity index (χ0n) is 13.2. The summed E-state index contributed by atoms with van der Waals surface area (Å²) in [4.78, 5) is 4.35. The Morgan fingerprint density at radius 3 is 2.43 bits per heavy atom. The molecule has 0 saturated carbocycles. The van der Waals surface area contributed by atoms with Gasteiger partial charge in [0, 0.05) is 18.9 Å². The molecule has 2 aromatic heterocycles. The number of aromatic nitrogens is 3. The van der Waals surface area contributed by atoms with Gasteiger partial charge in [0.25, 0.3) is 0 Å². The Morgan fingerprint density at radius 1 is 1.04 bits per heavy atom. The minimum atomic E-state index is 0.564. The van der Waals surface area contributed by atoms with Crippen molar-refractivity contribution >= 4 is 11.3 Å². The molecule has 7 heteroatoms. The van der Waals surface area contributed by atoms with E-state index in [0.717, 1.165) is 16.9 Å². The standard InChI is InChI=1S/C16H18N4O3/c1-21-13-8-11(9-14(22-2)15(13)23-3)10-18-16-12-4-5-19-20(12)7-6-17-16/h4-9H,10H2,1-3H3,(H,17,18). The number of fused-ring (bicyclic) bond motifs is 1.